The first-order chi connectivity index (χ1) is 9.93. The summed E-state index contributed by atoms with van der Waals surface area (Å²) >= 11 is 11.1. The third-order valence-electron chi connectivity index (χ3n) is 2.21. The number of carboxylic acids is 1. The lowest BCUT2D eigenvalue weighted by Crippen LogP contribution is -2.00. The lowest BCUT2D eigenvalue weighted by molar-refractivity contribution is -0.182. The summed E-state index contributed by atoms with van der Waals surface area (Å²) in [6.07, 6.45) is 0. The average molecular weight is 329 g/mol. The molecule has 0 aliphatic rings. The molecule has 2 N–H and O–H groups in total. The van der Waals surface area contributed by atoms with Crippen molar-refractivity contribution in [2.45, 2.75) is 0 Å². The fraction of sp³-hybridized carbons (Fsp3) is 0. The second-order valence-electron chi connectivity index (χ2n) is 3.70. The van der Waals surface area contributed by atoms with Crippen molar-refractivity contribution in [3.05, 3.63) is 69.7 Å². The van der Waals surface area contributed by atoms with Crippen molar-refractivity contribution in [2.75, 3.05) is 0 Å². The minimum absolute atomic E-state index is 0.215. The molecule has 2 aromatic carbocycles. The first-order valence-electron chi connectivity index (χ1n) is 5.54. The predicted molar refractivity (Wildman–Crippen MR) is 77.9 cm³/mol. The molecule has 2 aromatic rings. The molecule has 2 rings (SSSR count). The summed E-state index contributed by atoms with van der Waals surface area (Å²) in [7, 11) is 0. The van der Waals surface area contributed by atoms with Gasteiger partial charge in [-0.1, -0.05) is 35.3 Å². The van der Waals surface area contributed by atoms with E-state index in [9.17, 15) is 9.59 Å². The van der Waals surface area contributed by atoms with Crippen LogP contribution in [0.25, 0.3) is 0 Å². The van der Waals surface area contributed by atoms with E-state index in [4.69, 9.17) is 33.6 Å². The average Bonchev–Trinajstić information content (AvgIpc) is 2.47. The molecule has 5 nitrogen and oxygen atoms in total. The Morgan fingerprint density at radius 2 is 1.38 bits per heavy atom. The summed E-state index contributed by atoms with van der Waals surface area (Å²) < 4.78 is 0. The Kier molecular flexibility index (Phi) is 6.68. The summed E-state index contributed by atoms with van der Waals surface area (Å²) in [6.45, 7) is 0. The van der Waals surface area contributed by atoms with Crippen LogP contribution in [0, 0.1) is 0 Å². The van der Waals surface area contributed by atoms with Crippen molar-refractivity contribution in [1.29, 1.82) is 0 Å². The van der Waals surface area contributed by atoms with E-state index in [1.165, 1.54) is 24.3 Å². The van der Waals surface area contributed by atoms with Gasteiger partial charge in [-0.25, -0.2) is 9.59 Å². The Balaban J connectivity index is 0.000000211. The quantitative estimate of drug-likeness (QED) is 0.642. The molecule has 21 heavy (non-hydrogen) atoms. The fourth-order valence-electron chi connectivity index (χ4n) is 1.29. The number of carbonyl (C=O) groups is 2. The maximum atomic E-state index is 10.6. The van der Waals surface area contributed by atoms with E-state index in [-0.39, 0.29) is 11.1 Å². The topological polar surface area (TPSA) is 83.8 Å². The maximum Gasteiger partial charge on any atom is 0.372 e. The van der Waals surface area contributed by atoms with Crippen LogP contribution in [0.15, 0.2) is 48.5 Å². The molecule has 0 radical (unpaired) electrons. The second-order valence-corrected chi connectivity index (χ2v) is 4.58. The minimum Gasteiger partial charge on any atom is -0.478 e. The number of rotatable bonds is 2. The minimum atomic E-state index is -0.956. The van der Waals surface area contributed by atoms with Crippen LogP contribution in [0.1, 0.15) is 20.7 Å². The highest BCUT2D eigenvalue weighted by Gasteiger charge is 2.05. The summed E-state index contributed by atoms with van der Waals surface area (Å²) in [6, 6.07) is 12.2. The van der Waals surface area contributed by atoms with Gasteiger partial charge < -0.3 is 5.11 Å². The number of carbonyl (C=O) groups excluding carboxylic acids is 1. The molecular weight excluding hydrogens is 319 g/mol. The molecule has 7 heteroatoms. The van der Waals surface area contributed by atoms with E-state index in [1.807, 2.05) is 0 Å². The monoisotopic (exact) mass is 328 g/mol. The number of hydrogen-bond donors (Lipinski definition) is 2. The molecule has 0 saturated carbocycles. The Bertz CT molecular complexity index is 643. The first-order valence-corrected chi connectivity index (χ1v) is 6.30. The molecule has 0 saturated heterocycles. The van der Waals surface area contributed by atoms with Crippen molar-refractivity contribution in [3.8, 4) is 0 Å². The molecular formula is C14H10Cl2O5. The van der Waals surface area contributed by atoms with Crippen LogP contribution in [0.5, 0.6) is 0 Å². The van der Waals surface area contributed by atoms with Gasteiger partial charge in [0.2, 0.25) is 0 Å². The number of aromatic carboxylic acids is 1. The van der Waals surface area contributed by atoms with Gasteiger partial charge in [0.05, 0.1) is 11.1 Å². The summed E-state index contributed by atoms with van der Waals surface area (Å²) in [5.74, 6) is -1.77. The van der Waals surface area contributed by atoms with E-state index >= 15 is 0 Å². The van der Waals surface area contributed by atoms with Crippen molar-refractivity contribution < 1.29 is 24.8 Å². The summed E-state index contributed by atoms with van der Waals surface area (Å²) in [5, 5.41) is 17.3. The van der Waals surface area contributed by atoms with Crippen molar-refractivity contribution in [3.63, 3.8) is 0 Å². The molecule has 0 atom stereocenters. The van der Waals surface area contributed by atoms with E-state index in [2.05, 4.69) is 4.89 Å². The van der Waals surface area contributed by atoms with Crippen LogP contribution in [0.4, 0.5) is 0 Å². The van der Waals surface area contributed by atoms with Crippen LogP contribution < -0.4 is 0 Å². The Morgan fingerprint density at radius 1 is 0.905 bits per heavy atom. The maximum absolute atomic E-state index is 10.6. The summed E-state index contributed by atoms with van der Waals surface area (Å²) in [4.78, 5) is 24.4. The second kappa shape index (κ2) is 8.26. The molecule has 0 aliphatic carbocycles. The standard InChI is InChI=1S/C7H5ClO3.C7H5ClO2/c8-6-3-1-2-5(4-6)7(9)11-10;8-6-3-1-2-5(4-6)7(9)10/h1-4,10H;1-4H,(H,9,10). The number of halogens is 2. The molecule has 0 fully saturated rings. The molecule has 0 bridgehead atoms. The van der Waals surface area contributed by atoms with Crippen molar-refractivity contribution >= 4 is 35.1 Å². The van der Waals surface area contributed by atoms with E-state index < -0.39 is 11.9 Å². The highest BCUT2D eigenvalue weighted by molar-refractivity contribution is 6.31. The van der Waals surface area contributed by atoms with Gasteiger partial charge >= 0.3 is 11.9 Å². The predicted octanol–water partition coefficient (Wildman–Crippen LogP) is 4.01. The van der Waals surface area contributed by atoms with Crippen LogP contribution in [0.3, 0.4) is 0 Å². The third kappa shape index (κ3) is 5.83. The molecule has 0 unspecified atom stereocenters. The zero-order chi connectivity index (χ0) is 15.8. The van der Waals surface area contributed by atoms with Gasteiger partial charge in [0.15, 0.2) is 0 Å². The first kappa shape index (κ1) is 17.0. The lowest BCUT2D eigenvalue weighted by Gasteiger charge is -1.95. The lowest BCUT2D eigenvalue weighted by atomic mass is 10.2. The van der Waals surface area contributed by atoms with Gasteiger partial charge in [-0.05, 0) is 36.4 Å². The van der Waals surface area contributed by atoms with Crippen LogP contribution in [0.2, 0.25) is 10.0 Å². The zero-order valence-corrected chi connectivity index (χ0v) is 12.0. The van der Waals surface area contributed by atoms with Gasteiger partial charge in [0.25, 0.3) is 0 Å². The summed E-state index contributed by atoms with van der Waals surface area (Å²) in [5.41, 5.74) is 0.438. The van der Waals surface area contributed by atoms with Gasteiger partial charge in [-0.3, -0.25) is 4.89 Å². The number of benzene rings is 2. The number of hydrogen-bond acceptors (Lipinski definition) is 4. The fourth-order valence-corrected chi connectivity index (χ4v) is 1.67. The van der Waals surface area contributed by atoms with Crippen molar-refractivity contribution in [2.24, 2.45) is 0 Å². The molecule has 0 amide bonds. The molecule has 0 spiro atoms. The Morgan fingerprint density at radius 3 is 1.76 bits per heavy atom. The normalized spacial score (nSPS) is 9.29. The molecule has 0 aliphatic heterocycles. The molecule has 0 heterocycles. The van der Waals surface area contributed by atoms with Gasteiger partial charge in [-0.15, -0.1) is 0 Å². The van der Waals surface area contributed by atoms with E-state index in [0.29, 0.717) is 10.0 Å². The highest BCUT2D eigenvalue weighted by atomic mass is 35.5. The smallest absolute Gasteiger partial charge is 0.372 e. The van der Waals surface area contributed by atoms with E-state index in [1.54, 1.807) is 24.3 Å². The van der Waals surface area contributed by atoms with E-state index in [0.717, 1.165) is 0 Å². The SMILES string of the molecule is O=C(O)c1cccc(Cl)c1.O=C(OO)c1cccc(Cl)c1. The Hall–Kier alpha value is -2.08. The van der Waals surface area contributed by atoms with Crippen LogP contribution in [-0.2, 0) is 4.89 Å². The Labute approximate surface area is 130 Å². The third-order valence-corrected chi connectivity index (χ3v) is 2.68. The molecule has 110 valence electrons. The zero-order valence-electron chi connectivity index (χ0n) is 10.5. The molecule has 0 aromatic heterocycles. The van der Waals surface area contributed by atoms with Gasteiger partial charge in [0.1, 0.15) is 0 Å². The van der Waals surface area contributed by atoms with Crippen LogP contribution >= 0.6 is 23.2 Å². The van der Waals surface area contributed by atoms with Crippen LogP contribution in [-0.4, -0.2) is 22.3 Å². The largest absolute Gasteiger partial charge is 0.478 e. The van der Waals surface area contributed by atoms with Gasteiger partial charge in [-0.2, -0.15) is 5.26 Å². The van der Waals surface area contributed by atoms with Crippen molar-refractivity contribution in [1.82, 2.24) is 0 Å². The van der Waals surface area contributed by atoms with Gasteiger partial charge in [0, 0.05) is 10.0 Å². The number of carboxylic acid groups (broad SMARTS) is 1. The highest BCUT2D eigenvalue weighted by Crippen LogP contribution is 2.11.